The summed E-state index contributed by atoms with van der Waals surface area (Å²) in [5.41, 5.74) is 0.303. The van der Waals surface area contributed by atoms with Gasteiger partial charge < -0.3 is 10.2 Å². The molecule has 19 heavy (non-hydrogen) atoms. The third-order valence-electron chi connectivity index (χ3n) is 7.75. The maximum Gasteiger partial charge on any atom is 0.0674 e. The van der Waals surface area contributed by atoms with Crippen molar-refractivity contribution in [2.24, 2.45) is 29.1 Å². The van der Waals surface area contributed by atoms with Crippen LogP contribution in [0.4, 0.5) is 0 Å². The van der Waals surface area contributed by atoms with E-state index in [0.29, 0.717) is 5.92 Å². The maximum absolute atomic E-state index is 10.9. The Morgan fingerprint density at radius 1 is 1.05 bits per heavy atom. The lowest BCUT2D eigenvalue weighted by Gasteiger charge is -2.65. The molecule has 2 aliphatic heterocycles. The average molecular weight is 263 g/mol. The van der Waals surface area contributed by atoms with Gasteiger partial charge in [-0.1, -0.05) is 6.92 Å². The second kappa shape index (κ2) is 3.20. The van der Waals surface area contributed by atoms with Gasteiger partial charge in [0.1, 0.15) is 0 Å². The van der Waals surface area contributed by atoms with Crippen LogP contribution in [0.1, 0.15) is 39.0 Å². The Morgan fingerprint density at radius 2 is 1.89 bits per heavy atom. The first kappa shape index (κ1) is 11.5. The van der Waals surface area contributed by atoms with Crippen LogP contribution in [0.15, 0.2) is 0 Å². The topological polar surface area (TPSA) is 43.7 Å². The summed E-state index contributed by atoms with van der Waals surface area (Å²) >= 11 is 0. The standard InChI is InChI=1S/C16H25NO2/c1-9-2-10-3-14(19)15-6-12(18)8-17-7-11(15)4-13(10)16(15,17)5-9/h9-14,18-19H,2-8H2,1H3/t9-,10+,11-,12+,13-,14-,15+,16-/m1/s1. The van der Waals surface area contributed by atoms with Gasteiger partial charge in [0.2, 0.25) is 0 Å². The van der Waals surface area contributed by atoms with Crippen LogP contribution in [-0.4, -0.2) is 45.9 Å². The van der Waals surface area contributed by atoms with Gasteiger partial charge in [-0.3, -0.25) is 4.90 Å². The summed E-state index contributed by atoms with van der Waals surface area (Å²) in [5.74, 6) is 3.01. The number of rotatable bonds is 0. The van der Waals surface area contributed by atoms with E-state index in [9.17, 15) is 10.2 Å². The molecule has 2 N–H and O–H groups in total. The Kier molecular flexibility index (Phi) is 1.94. The van der Waals surface area contributed by atoms with Crippen LogP contribution in [0.5, 0.6) is 0 Å². The van der Waals surface area contributed by atoms with E-state index >= 15 is 0 Å². The molecule has 1 unspecified atom stereocenters. The highest BCUT2D eigenvalue weighted by atomic mass is 16.3. The highest BCUT2D eigenvalue weighted by molar-refractivity contribution is 5.31. The van der Waals surface area contributed by atoms with Crippen LogP contribution in [-0.2, 0) is 0 Å². The Morgan fingerprint density at radius 3 is 2.74 bits per heavy atom. The highest BCUT2D eigenvalue weighted by Crippen LogP contribution is 2.75. The lowest BCUT2D eigenvalue weighted by molar-refractivity contribution is -0.195. The van der Waals surface area contributed by atoms with Crippen LogP contribution < -0.4 is 0 Å². The molecule has 106 valence electrons. The van der Waals surface area contributed by atoms with Crippen molar-refractivity contribution in [2.75, 3.05) is 13.1 Å². The molecule has 6 bridgehead atoms. The van der Waals surface area contributed by atoms with E-state index in [-0.39, 0.29) is 23.2 Å². The number of nitrogens with zero attached hydrogens (tertiary/aromatic N) is 1. The third kappa shape index (κ3) is 1.01. The molecule has 9 atom stereocenters. The van der Waals surface area contributed by atoms with Gasteiger partial charge in [-0.05, 0) is 55.8 Å². The van der Waals surface area contributed by atoms with E-state index < -0.39 is 0 Å². The number of aliphatic hydroxyl groups is 2. The van der Waals surface area contributed by atoms with Gasteiger partial charge in [0, 0.05) is 24.0 Å². The first-order valence-electron chi connectivity index (χ1n) is 8.19. The molecule has 0 aromatic rings. The summed E-state index contributed by atoms with van der Waals surface area (Å²) in [6.07, 6.45) is 5.43. The highest BCUT2D eigenvalue weighted by Gasteiger charge is 2.79. The first-order chi connectivity index (χ1) is 9.08. The van der Waals surface area contributed by atoms with E-state index in [1.807, 2.05) is 0 Å². The smallest absolute Gasteiger partial charge is 0.0674 e. The summed E-state index contributed by atoms with van der Waals surface area (Å²) < 4.78 is 0. The Balaban J connectivity index is 1.73. The van der Waals surface area contributed by atoms with Crippen LogP contribution in [0.2, 0.25) is 0 Å². The molecule has 3 heteroatoms. The summed E-state index contributed by atoms with van der Waals surface area (Å²) in [6.45, 7) is 4.41. The third-order valence-corrected chi connectivity index (χ3v) is 7.75. The minimum absolute atomic E-state index is 0.0422. The monoisotopic (exact) mass is 263 g/mol. The molecule has 2 saturated heterocycles. The average Bonchev–Trinajstić information content (AvgIpc) is 2.62. The van der Waals surface area contributed by atoms with Gasteiger partial charge in [0.25, 0.3) is 0 Å². The van der Waals surface area contributed by atoms with E-state index in [4.69, 9.17) is 0 Å². The van der Waals surface area contributed by atoms with Crippen molar-refractivity contribution in [2.45, 2.75) is 56.8 Å². The summed E-state index contributed by atoms with van der Waals surface area (Å²) in [6, 6.07) is 0. The van der Waals surface area contributed by atoms with Gasteiger partial charge in [0.15, 0.2) is 0 Å². The van der Waals surface area contributed by atoms with Crippen LogP contribution in [0.25, 0.3) is 0 Å². The Hall–Kier alpha value is -0.120. The summed E-state index contributed by atoms with van der Waals surface area (Å²) in [4.78, 5) is 2.62. The summed E-state index contributed by atoms with van der Waals surface area (Å²) in [7, 11) is 0. The van der Waals surface area contributed by atoms with Gasteiger partial charge in [-0.2, -0.15) is 0 Å². The molecule has 0 amide bonds. The van der Waals surface area contributed by atoms with E-state index in [0.717, 1.165) is 43.7 Å². The fourth-order valence-electron chi connectivity index (χ4n) is 7.70. The molecule has 5 aliphatic rings. The molecule has 0 aromatic heterocycles. The number of aliphatic hydroxyl groups excluding tert-OH is 2. The molecule has 0 aromatic carbocycles. The quantitative estimate of drug-likeness (QED) is 0.691. The largest absolute Gasteiger partial charge is 0.392 e. The minimum Gasteiger partial charge on any atom is -0.392 e. The second-order valence-corrected chi connectivity index (χ2v) is 8.32. The SMILES string of the molecule is C[C@@H]1C[C@H]2C[C@@H](O)[C@]34C[C@H](O)CN5C[C@H]3C[C@H]2[C@@]54C1. The van der Waals surface area contributed by atoms with Crippen LogP contribution >= 0.6 is 0 Å². The molecule has 3 nitrogen and oxygen atoms in total. The van der Waals surface area contributed by atoms with E-state index in [1.165, 1.54) is 19.3 Å². The Labute approximate surface area is 115 Å². The van der Waals surface area contributed by atoms with E-state index in [2.05, 4.69) is 11.8 Å². The van der Waals surface area contributed by atoms with Crippen molar-refractivity contribution >= 4 is 0 Å². The summed E-state index contributed by atoms with van der Waals surface area (Å²) in [5, 5.41) is 21.2. The fourth-order valence-corrected chi connectivity index (χ4v) is 7.70. The lowest BCUT2D eigenvalue weighted by Crippen LogP contribution is -2.71. The first-order valence-corrected chi connectivity index (χ1v) is 8.19. The van der Waals surface area contributed by atoms with Crippen molar-refractivity contribution in [1.82, 2.24) is 4.90 Å². The molecule has 5 rings (SSSR count). The fraction of sp³-hybridized carbons (Fsp3) is 1.00. The van der Waals surface area contributed by atoms with Crippen LogP contribution in [0.3, 0.4) is 0 Å². The van der Waals surface area contributed by atoms with Crippen molar-refractivity contribution in [3.63, 3.8) is 0 Å². The van der Waals surface area contributed by atoms with Gasteiger partial charge in [-0.15, -0.1) is 0 Å². The zero-order chi connectivity index (χ0) is 13.0. The number of hydrogen-bond donors (Lipinski definition) is 2. The van der Waals surface area contributed by atoms with Gasteiger partial charge in [0.05, 0.1) is 12.2 Å². The molecule has 3 saturated carbocycles. The number of piperidine rings is 2. The Bertz CT molecular complexity index is 440. The van der Waals surface area contributed by atoms with Gasteiger partial charge >= 0.3 is 0 Å². The zero-order valence-electron chi connectivity index (χ0n) is 11.8. The molecular weight excluding hydrogens is 238 g/mol. The normalized spacial score (nSPS) is 69.3. The zero-order valence-corrected chi connectivity index (χ0v) is 11.8. The maximum atomic E-state index is 10.9. The predicted octanol–water partition coefficient (Wildman–Crippen LogP) is 1.24. The van der Waals surface area contributed by atoms with Crippen molar-refractivity contribution in [3.8, 4) is 0 Å². The van der Waals surface area contributed by atoms with Crippen LogP contribution in [0, 0.1) is 29.1 Å². The molecule has 0 radical (unpaired) electrons. The second-order valence-electron chi connectivity index (χ2n) is 8.32. The van der Waals surface area contributed by atoms with E-state index in [1.54, 1.807) is 0 Å². The lowest BCUT2D eigenvalue weighted by atomic mass is 9.48. The van der Waals surface area contributed by atoms with Crippen molar-refractivity contribution in [3.05, 3.63) is 0 Å². The molecule has 2 heterocycles. The molecule has 5 fully saturated rings. The van der Waals surface area contributed by atoms with Crippen molar-refractivity contribution in [1.29, 1.82) is 0 Å². The molecule has 3 aliphatic carbocycles. The van der Waals surface area contributed by atoms with Crippen molar-refractivity contribution < 1.29 is 10.2 Å². The van der Waals surface area contributed by atoms with Gasteiger partial charge in [-0.25, -0.2) is 0 Å². The predicted molar refractivity (Wildman–Crippen MR) is 71.5 cm³/mol. The molecular formula is C16H25NO2. The number of β-amino-alcohol motifs (C(OH)–C–C–N with tert-alkyl or cyclic N) is 1. The number of hydrogen-bond acceptors (Lipinski definition) is 3. The molecule has 1 spiro atoms. The minimum atomic E-state index is -0.210.